The predicted molar refractivity (Wildman–Crippen MR) is 275 cm³/mol. The molecule has 5 rings (SSSR count). The van der Waals surface area contributed by atoms with E-state index in [0.717, 1.165) is 16.5 Å². The lowest BCUT2D eigenvalue weighted by Crippen LogP contribution is -2.60. The van der Waals surface area contributed by atoms with E-state index in [1.54, 1.807) is 62.5 Å². The molecule has 21 heteroatoms. The largest absolute Gasteiger partial charge is 0.480 e. The van der Waals surface area contributed by atoms with E-state index >= 15 is 9.59 Å². The molecule has 1 aliphatic rings. The Bertz CT molecular complexity index is 2510. The number of hydrogen-bond acceptors (Lipinski definition) is 12. The number of nitrogens with one attached hydrogen (secondary N) is 7. The van der Waals surface area contributed by atoms with Crippen molar-refractivity contribution in [3.8, 4) is 0 Å². The maximum atomic E-state index is 15.1. The van der Waals surface area contributed by atoms with E-state index in [-0.39, 0.29) is 30.9 Å². The summed E-state index contributed by atoms with van der Waals surface area (Å²) < 4.78 is 0. The lowest BCUT2D eigenvalue weighted by Gasteiger charge is -2.39. The molecule has 382 valence electrons. The fourth-order valence-corrected chi connectivity index (χ4v) is 8.85. The minimum absolute atomic E-state index is 0.0159. The summed E-state index contributed by atoms with van der Waals surface area (Å²) in [6.45, 7) is 5.20. The zero-order valence-corrected chi connectivity index (χ0v) is 41.8. The SMILES string of the molecule is CC(C)[C@H](NC(=O)[C@H](CS)NC(=O)[C@H](Cc1c[nH]c2ccccc12)NC(=O)C1c2ccccc2CCN1C(=O)[C@H](Cc1ccccc1)NC(=O)[C@H](CS)NC(=O)[C@H](C)NC(=O)[C@@H](N)CCCCN)C(=O)O. The summed E-state index contributed by atoms with van der Waals surface area (Å²) in [4.78, 5) is 115. The van der Waals surface area contributed by atoms with Gasteiger partial charge in [-0.05, 0) is 67.0 Å². The number of nitrogens with two attached hydrogens (primary N) is 2. The van der Waals surface area contributed by atoms with Crippen molar-refractivity contribution in [3.05, 3.63) is 107 Å². The molecular formula is C50H66N10O9S2. The lowest BCUT2D eigenvalue weighted by atomic mass is 9.90. The van der Waals surface area contributed by atoms with Crippen LogP contribution in [-0.2, 0) is 57.6 Å². The number of benzene rings is 3. The Balaban J connectivity index is 1.44. The summed E-state index contributed by atoms with van der Waals surface area (Å²) >= 11 is 8.63. The first-order chi connectivity index (χ1) is 34.0. The van der Waals surface area contributed by atoms with Gasteiger partial charge in [-0.25, -0.2) is 4.79 Å². The van der Waals surface area contributed by atoms with Crippen LogP contribution in [0.3, 0.4) is 0 Å². The Labute approximate surface area is 424 Å². The van der Waals surface area contributed by atoms with E-state index in [4.69, 9.17) is 11.5 Å². The normalized spacial score (nSPS) is 16.2. The van der Waals surface area contributed by atoms with Gasteiger partial charge in [0.25, 0.3) is 0 Å². The van der Waals surface area contributed by atoms with Gasteiger partial charge < -0.3 is 58.4 Å². The van der Waals surface area contributed by atoms with Crippen LogP contribution < -0.4 is 43.4 Å². The second-order valence-corrected chi connectivity index (χ2v) is 18.7. The summed E-state index contributed by atoms with van der Waals surface area (Å²) in [5.74, 6) is -7.03. The molecule has 0 saturated heterocycles. The van der Waals surface area contributed by atoms with Crippen LogP contribution in [0.25, 0.3) is 10.9 Å². The minimum atomic E-state index is -1.35. The monoisotopic (exact) mass is 1010 g/mol. The van der Waals surface area contributed by atoms with E-state index < -0.39 is 102 Å². The van der Waals surface area contributed by atoms with E-state index in [2.05, 4.69) is 62.1 Å². The third-order valence-electron chi connectivity index (χ3n) is 12.4. The number of aliphatic carboxylic acids is 1. The van der Waals surface area contributed by atoms with Crippen molar-refractivity contribution in [2.24, 2.45) is 17.4 Å². The van der Waals surface area contributed by atoms with Crippen LogP contribution in [0.5, 0.6) is 0 Å². The molecule has 0 saturated carbocycles. The second kappa shape index (κ2) is 26.7. The minimum Gasteiger partial charge on any atom is -0.480 e. The van der Waals surface area contributed by atoms with Crippen molar-refractivity contribution in [2.45, 2.75) is 108 Å². The summed E-state index contributed by atoms with van der Waals surface area (Å²) in [6.07, 6.45) is 3.66. The number of carboxylic acid groups (broad SMARTS) is 1. The number of H-pyrrole nitrogens is 1. The smallest absolute Gasteiger partial charge is 0.326 e. The summed E-state index contributed by atoms with van der Waals surface area (Å²) in [5, 5.41) is 26.5. The molecule has 1 aliphatic heterocycles. The Kier molecular flexibility index (Phi) is 20.9. The zero-order chi connectivity index (χ0) is 51.8. The van der Waals surface area contributed by atoms with E-state index in [9.17, 15) is 33.9 Å². The molecule has 0 bridgehead atoms. The van der Waals surface area contributed by atoms with Crippen LogP contribution in [0.1, 0.15) is 68.3 Å². The zero-order valence-electron chi connectivity index (χ0n) is 40.1. The third kappa shape index (κ3) is 15.0. The first kappa shape index (κ1) is 55.5. The highest BCUT2D eigenvalue weighted by Crippen LogP contribution is 2.31. The molecule has 4 aromatic rings. The standard InChI is InChI=1S/C50H66N10O9S2/c1-28(2)41(50(68)69)59-47(65)40(27-71)58-45(63)37(24-32-25-53-36-19-10-9-16-33(32)36)55-48(66)42-34-17-8-7-15-31(34)20-22-60(42)49(67)38(23-30-13-5-4-6-14-30)56-46(64)39(26-70)57-43(61)29(3)54-44(62)35(52)18-11-12-21-51/h4-10,13-17,19,25,28-29,35,37-42,53,70-71H,11-12,18,20-24,26-27,51-52H2,1-3H3,(H,54,62)(H,55,66)(H,56,64)(H,57,61)(H,58,63)(H,59,65)(H,68,69)/t29-,35-,37-,38-,39-,40-,41-,42?/m0/s1. The number of aromatic nitrogens is 1. The Morgan fingerprint density at radius 1 is 0.704 bits per heavy atom. The summed E-state index contributed by atoms with van der Waals surface area (Å²) in [7, 11) is 0. The number of carbonyl (C=O) groups is 8. The van der Waals surface area contributed by atoms with Crippen molar-refractivity contribution < 1.29 is 43.5 Å². The molecule has 3 aromatic carbocycles. The van der Waals surface area contributed by atoms with Crippen LogP contribution in [0, 0.1) is 5.92 Å². The van der Waals surface area contributed by atoms with E-state index in [1.165, 1.54) is 11.8 Å². The fourth-order valence-electron chi connectivity index (χ4n) is 8.34. The van der Waals surface area contributed by atoms with Gasteiger partial charge in [0.05, 0.1) is 6.04 Å². The van der Waals surface area contributed by atoms with Crippen LogP contribution in [-0.4, -0.2) is 129 Å². The fraction of sp³-hybridized carbons (Fsp3) is 0.440. The molecular weight excluding hydrogens is 949 g/mol. The van der Waals surface area contributed by atoms with Gasteiger partial charge in [-0.3, -0.25) is 33.6 Å². The number of thiol groups is 2. The third-order valence-corrected chi connectivity index (χ3v) is 13.1. The Morgan fingerprint density at radius 2 is 1.31 bits per heavy atom. The molecule has 0 fully saturated rings. The molecule has 8 atom stereocenters. The van der Waals surface area contributed by atoms with Crippen molar-refractivity contribution in [1.29, 1.82) is 0 Å². The first-order valence-corrected chi connectivity index (χ1v) is 24.9. The Hall–Kier alpha value is -6.42. The highest BCUT2D eigenvalue weighted by atomic mass is 32.1. The van der Waals surface area contributed by atoms with Gasteiger partial charge in [-0.15, -0.1) is 0 Å². The van der Waals surface area contributed by atoms with Crippen molar-refractivity contribution >= 4 is 83.5 Å². The number of amides is 7. The molecule has 1 aromatic heterocycles. The average Bonchev–Trinajstić information content (AvgIpc) is 3.77. The molecule has 71 heavy (non-hydrogen) atoms. The highest BCUT2D eigenvalue weighted by molar-refractivity contribution is 7.80. The van der Waals surface area contributed by atoms with Crippen LogP contribution in [0.4, 0.5) is 0 Å². The molecule has 0 radical (unpaired) electrons. The highest BCUT2D eigenvalue weighted by Gasteiger charge is 2.41. The number of para-hydroxylation sites is 1. The maximum absolute atomic E-state index is 15.1. The van der Waals surface area contributed by atoms with Gasteiger partial charge in [-0.1, -0.05) is 93.1 Å². The molecule has 12 N–H and O–H groups in total. The van der Waals surface area contributed by atoms with Crippen LogP contribution in [0.15, 0.2) is 85.1 Å². The molecule has 7 amide bonds. The number of nitrogens with zero attached hydrogens (tertiary/aromatic N) is 1. The summed E-state index contributed by atoms with van der Waals surface area (Å²) in [6, 6.07) is 13.7. The van der Waals surface area contributed by atoms with Gasteiger partial charge in [0.15, 0.2) is 0 Å². The van der Waals surface area contributed by atoms with Crippen molar-refractivity contribution in [2.75, 3.05) is 24.6 Å². The number of fused-ring (bicyclic) bond motifs is 2. The summed E-state index contributed by atoms with van der Waals surface area (Å²) in [5.41, 5.74) is 14.9. The number of hydrogen-bond donors (Lipinski definition) is 12. The topological polar surface area (TPSA) is 300 Å². The second-order valence-electron chi connectivity index (χ2n) is 17.9. The van der Waals surface area contributed by atoms with Gasteiger partial charge in [0.2, 0.25) is 41.4 Å². The molecule has 19 nitrogen and oxygen atoms in total. The van der Waals surface area contributed by atoms with Crippen LogP contribution >= 0.6 is 25.3 Å². The predicted octanol–water partition coefficient (Wildman–Crippen LogP) is 1.06. The number of aromatic amines is 1. The number of carbonyl (C=O) groups excluding carboxylic acids is 7. The van der Waals surface area contributed by atoms with E-state index in [0.29, 0.717) is 48.9 Å². The molecule has 0 spiro atoms. The maximum Gasteiger partial charge on any atom is 0.326 e. The average molecular weight is 1020 g/mol. The van der Waals surface area contributed by atoms with Gasteiger partial charge >= 0.3 is 5.97 Å². The van der Waals surface area contributed by atoms with Crippen molar-refractivity contribution in [1.82, 2.24) is 41.8 Å². The van der Waals surface area contributed by atoms with E-state index in [1.807, 2.05) is 36.4 Å². The van der Waals surface area contributed by atoms with Crippen LogP contribution in [0.2, 0.25) is 0 Å². The number of rotatable bonds is 25. The van der Waals surface area contributed by atoms with Gasteiger partial charge in [0, 0.05) is 48.0 Å². The first-order valence-electron chi connectivity index (χ1n) is 23.7. The number of unbranched alkanes of at least 4 members (excludes halogenated alkanes) is 1. The molecule has 0 aliphatic carbocycles. The lowest BCUT2D eigenvalue weighted by molar-refractivity contribution is -0.145. The molecule has 1 unspecified atom stereocenters. The van der Waals surface area contributed by atoms with Crippen molar-refractivity contribution in [3.63, 3.8) is 0 Å². The van der Waals surface area contributed by atoms with Gasteiger partial charge in [0.1, 0.15) is 42.3 Å². The quantitative estimate of drug-likeness (QED) is 0.0329. The molecule has 2 heterocycles. The van der Waals surface area contributed by atoms with Gasteiger partial charge in [-0.2, -0.15) is 25.3 Å². The number of carboxylic acids is 1. The Morgan fingerprint density at radius 3 is 1.97 bits per heavy atom.